The Hall–Kier alpha value is -2.08. The Kier molecular flexibility index (Phi) is 4.67. The van der Waals surface area contributed by atoms with Gasteiger partial charge in [-0.25, -0.2) is 0 Å². The predicted molar refractivity (Wildman–Crippen MR) is 67.4 cm³/mol. The van der Waals surface area contributed by atoms with Gasteiger partial charge in [0.2, 0.25) is 17.7 Å². The molecule has 0 heterocycles. The Morgan fingerprint density at radius 1 is 1.06 bits per heavy atom. The van der Waals surface area contributed by atoms with Crippen LogP contribution in [0.4, 0.5) is 5.69 Å². The van der Waals surface area contributed by atoms with Gasteiger partial charge in [0.15, 0.2) is 0 Å². The second-order valence-electron chi connectivity index (χ2n) is 3.51. The summed E-state index contributed by atoms with van der Waals surface area (Å²) in [4.78, 5) is 33.5. The van der Waals surface area contributed by atoms with Gasteiger partial charge in [-0.2, -0.15) is 0 Å². The lowest BCUT2D eigenvalue weighted by Gasteiger charge is -2.07. The van der Waals surface area contributed by atoms with Crippen molar-refractivity contribution in [3.8, 4) is 0 Å². The van der Waals surface area contributed by atoms with Crippen LogP contribution in [0.3, 0.4) is 0 Å². The molecular formula is C11H12ClN3O3. The van der Waals surface area contributed by atoms with E-state index in [1.165, 1.54) is 18.2 Å². The van der Waals surface area contributed by atoms with E-state index in [1.54, 1.807) is 0 Å². The van der Waals surface area contributed by atoms with Gasteiger partial charge in [-0.1, -0.05) is 0 Å². The van der Waals surface area contributed by atoms with Crippen LogP contribution in [0.1, 0.15) is 27.1 Å². The molecule has 0 spiro atoms. The third kappa shape index (κ3) is 3.74. The second kappa shape index (κ2) is 6.02. The molecule has 1 aromatic carbocycles. The third-order valence-electron chi connectivity index (χ3n) is 2.11. The molecule has 1 aromatic rings. The Morgan fingerprint density at radius 3 is 1.94 bits per heavy atom. The summed E-state index contributed by atoms with van der Waals surface area (Å²) in [5.74, 6) is -1.59. The molecule has 0 aliphatic rings. The first-order valence-electron chi connectivity index (χ1n) is 5.04. The van der Waals surface area contributed by atoms with Crippen LogP contribution < -0.4 is 16.8 Å². The maximum Gasteiger partial charge on any atom is 0.248 e. The van der Waals surface area contributed by atoms with E-state index in [2.05, 4.69) is 5.32 Å². The number of anilines is 1. The first-order valence-corrected chi connectivity index (χ1v) is 5.58. The largest absolute Gasteiger partial charge is 0.366 e. The van der Waals surface area contributed by atoms with Crippen LogP contribution in [0.25, 0.3) is 0 Å². The van der Waals surface area contributed by atoms with E-state index in [4.69, 9.17) is 23.1 Å². The van der Waals surface area contributed by atoms with Crippen molar-refractivity contribution in [1.29, 1.82) is 0 Å². The molecular weight excluding hydrogens is 258 g/mol. The maximum absolute atomic E-state index is 11.3. The van der Waals surface area contributed by atoms with Crippen molar-refractivity contribution < 1.29 is 14.4 Å². The summed E-state index contributed by atoms with van der Waals surface area (Å²) in [6.45, 7) is 0. The number of amides is 3. The molecule has 0 aromatic heterocycles. The van der Waals surface area contributed by atoms with Crippen LogP contribution in [-0.4, -0.2) is 23.6 Å². The fraction of sp³-hybridized carbons (Fsp3) is 0.182. The lowest BCUT2D eigenvalue weighted by Crippen LogP contribution is -2.18. The van der Waals surface area contributed by atoms with E-state index in [-0.39, 0.29) is 35.0 Å². The molecule has 0 aliphatic heterocycles. The Labute approximate surface area is 108 Å². The van der Waals surface area contributed by atoms with E-state index < -0.39 is 11.8 Å². The van der Waals surface area contributed by atoms with E-state index in [1.807, 2.05) is 0 Å². The summed E-state index contributed by atoms with van der Waals surface area (Å²) in [5, 5.41) is 2.49. The van der Waals surface area contributed by atoms with Crippen molar-refractivity contribution in [3.63, 3.8) is 0 Å². The maximum atomic E-state index is 11.3. The zero-order chi connectivity index (χ0) is 13.7. The van der Waals surface area contributed by atoms with Crippen molar-refractivity contribution in [1.82, 2.24) is 0 Å². The molecule has 0 saturated heterocycles. The smallest absolute Gasteiger partial charge is 0.248 e. The number of rotatable bonds is 5. The minimum Gasteiger partial charge on any atom is -0.366 e. The van der Waals surface area contributed by atoms with Crippen LogP contribution in [-0.2, 0) is 4.79 Å². The predicted octanol–water partition coefficient (Wildman–Crippen LogP) is 0.452. The van der Waals surface area contributed by atoms with Crippen molar-refractivity contribution in [2.24, 2.45) is 11.5 Å². The van der Waals surface area contributed by atoms with Gasteiger partial charge < -0.3 is 16.8 Å². The lowest BCUT2D eigenvalue weighted by atomic mass is 10.1. The molecule has 0 unspecified atom stereocenters. The van der Waals surface area contributed by atoms with Crippen molar-refractivity contribution in [3.05, 3.63) is 29.3 Å². The molecule has 96 valence electrons. The van der Waals surface area contributed by atoms with Crippen LogP contribution in [0.2, 0.25) is 0 Å². The fourth-order valence-corrected chi connectivity index (χ4v) is 1.47. The molecule has 1 rings (SSSR count). The molecule has 0 aliphatic carbocycles. The van der Waals surface area contributed by atoms with E-state index >= 15 is 0 Å². The highest BCUT2D eigenvalue weighted by Crippen LogP contribution is 2.15. The van der Waals surface area contributed by atoms with Gasteiger partial charge in [-0.15, -0.1) is 11.6 Å². The summed E-state index contributed by atoms with van der Waals surface area (Å²) >= 11 is 5.42. The van der Waals surface area contributed by atoms with Crippen LogP contribution in [0, 0.1) is 0 Å². The normalized spacial score (nSPS) is 9.83. The summed E-state index contributed by atoms with van der Waals surface area (Å²) < 4.78 is 0. The second-order valence-corrected chi connectivity index (χ2v) is 3.89. The number of nitrogens with one attached hydrogen (secondary N) is 1. The van der Waals surface area contributed by atoms with Gasteiger partial charge in [0, 0.05) is 29.1 Å². The molecule has 5 N–H and O–H groups in total. The van der Waals surface area contributed by atoms with E-state index in [0.717, 1.165) is 0 Å². The number of hydrogen-bond acceptors (Lipinski definition) is 3. The number of halogens is 1. The molecule has 6 nitrogen and oxygen atoms in total. The molecule has 0 saturated carbocycles. The zero-order valence-electron chi connectivity index (χ0n) is 9.40. The molecule has 0 radical (unpaired) electrons. The summed E-state index contributed by atoms with van der Waals surface area (Å²) in [7, 11) is 0. The van der Waals surface area contributed by atoms with E-state index in [9.17, 15) is 14.4 Å². The van der Waals surface area contributed by atoms with Gasteiger partial charge in [0.1, 0.15) is 0 Å². The number of carbonyl (C=O) groups excluding carboxylic acids is 3. The average Bonchev–Trinajstić information content (AvgIpc) is 2.28. The highest BCUT2D eigenvalue weighted by molar-refractivity contribution is 6.19. The number of carbonyl (C=O) groups is 3. The molecule has 0 atom stereocenters. The average molecular weight is 270 g/mol. The number of primary amides is 2. The van der Waals surface area contributed by atoms with Gasteiger partial charge in [0.05, 0.1) is 0 Å². The van der Waals surface area contributed by atoms with Crippen molar-refractivity contribution in [2.75, 3.05) is 11.2 Å². The minimum absolute atomic E-state index is 0.0903. The molecule has 3 amide bonds. The third-order valence-corrected chi connectivity index (χ3v) is 2.30. The fourth-order valence-electron chi connectivity index (χ4n) is 1.29. The monoisotopic (exact) mass is 269 g/mol. The Balaban J connectivity index is 3.07. The van der Waals surface area contributed by atoms with Gasteiger partial charge in [-0.3, -0.25) is 14.4 Å². The molecule has 7 heteroatoms. The van der Waals surface area contributed by atoms with Crippen molar-refractivity contribution >= 4 is 35.0 Å². The Morgan fingerprint density at radius 2 is 1.56 bits per heavy atom. The first-order chi connectivity index (χ1) is 8.43. The highest BCUT2D eigenvalue weighted by atomic mass is 35.5. The van der Waals surface area contributed by atoms with Gasteiger partial charge >= 0.3 is 0 Å². The standard InChI is InChI=1S/C11H12ClN3O3/c12-2-1-9(16)15-8-4-6(10(13)17)3-7(5-8)11(14)18/h3-5H,1-2H2,(H2,13,17)(H2,14,18)(H,15,16). The summed E-state index contributed by atoms with van der Waals surface area (Å²) in [5.41, 5.74) is 10.7. The zero-order valence-corrected chi connectivity index (χ0v) is 10.2. The lowest BCUT2D eigenvalue weighted by molar-refractivity contribution is -0.115. The van der Waals surface area contributed by atoms with Gasteiger partial charge in [0.25, 0.3) is 0 Å². The van der Waals surface area contributed by atoms with E-state index in [0.29, 0.717) is 0 Å². The summed E-state index contributed by atoms with van der Waals surface area (Å²) in [6, 6.07) is 3.99. The van der Waals surface area contributed by atoms with Crippen LogP contribution >= 0.6 is 11.6 Å². The number of benzene rings is 1. The highest BCUT2D eigenvalue weighted by Gasteiger charge is 2.10. The van der Waals surface area contributed by atoms with Crippen LogP contribution in [0.5, 0.6) is 0 Å². The number of nitrogens with two attached hydrogens (primary N) is 2. The quantitative estimate of drug-likeness (QED) is 0.674. The Bertz CT molecular complexity index is 470. The molecule has 0 bridgehead atoms. The molecule has 0 fully saturated rings. The minimum atomic E-state index is -0.717. The van der Waals surface area contributed by atoms with Crippen LogP contribution in [0.15, 0.2) is 18.2 Å². The molecule has 18 heavy (non-hydrogen) atoms. The summed E-state index contributed by atoms with van der Waals surface area (Å²) in [6.07, 6.45) is 0.119. The van der Waals surface area contributed by atoms with Crippen molar-refractivity contribution in [2.45, 2.75) is 6.42 Å². The SMILES string of the molecule is NC(=O)c1cc(NC(=O)CCCl)cc(C(N)=O)c1. The number of hydrogen-bond donors (Lipinski definition) is 3. The first kappa shape index (κ1) is 14.0. The number of alkyl halides is 1. The van der Waals surface area contributed by atoms with Gasteiger partial charge in [-0.05, 0) is 18.2 Å². The topological polar surface area (TPSA) is 115 Å².